The number of hydrogen-bond donors (Lipinski definition) is 1. The topological polar surface area (TPSA) is 59.9 Å². The molecule has 160 valence electrons. The number of ether oxygens (including phenoxy) is 1. The minimum Gasteiger partial charge on any atom is -0.495 e. The normalized spacial score (nSPS) is 10.5. The van der Waals surface area contributed by atoms with Crippen LogP contribution in [0.25, 0.3) is 17.1 Å². The molecule has 0 bridgehead atoms. The van der Waals surface area contributed by atoms with E-state index in [0.29, 0.717) is 32.6 Å². The zero-order chi connectivity index (χ0) is 22.8. The predicted octanol–water partition coefficient (Wildman–Crippen LogP) is 5.74. The molecule has 1 N–H and O–H groups in total. The van der Waals surface area contributed by atoms with Gasteiger partial charge in [0.25, 0.3) is 0 Å². The average molecular weight is 489 g/mol. The van der Waals surface area contributed by atoms with Crippen molar-refractivity contribution in [2.75, 3.05) is 7.11 Å². The predicted molar refractivity (Wildman–Crippen MR) is 124 cm³/mol. The summed E-state index contributed by atoms with van der Waals surface area (Å²) in [5.74, 6) is 5.77. The van der Waals surface area contributed by atoms with Crippen LogP contribution in [-0.2, 0) is 0 Å². The lowest BCUT2D eigenvalue weighted by Gasteiger charge is -2.06. The van der Waals surface area contributed by atoms with E-state index in [4.69, 9.17) is 39.5 Å². The van der Waals surface area contributed by atoms with Crippen LogP contribution in [0.15, 0.2) is 59.4 Å². The van der Waals surface area contributed by atoms with Crippen molar-refractivity contribution in [3.8, 4) is 34.7 Å². The average Bonchev–Trinajstić information content (AvgIpc) is 3.15. The zero-order valence-electron chi connectivity index (χ0n) is 16.4. The first-order valence-corrected chi connectivity index (χ1v) is 10.3. The fourth-order valence-electron chi connectivity index (χ4n) is 2.98. The van der Waals surface area contributed by atoms with Crippen LogP contribution in [0.3, 0.4) is 0 Å². The van der Waals surface area contributed by atoms with Crippen LogP contribution >= 0.6 is 34.8 Å². The third-order valence-electron chi connectivity index (χ3n) is 4.51. The van der Waals surface area contributed by atoms with Gasteiger partial charge >= 0.3 is 5.69 Å². The lowest BCUT2D eigenvalue weighted by molar-refractivity contribution is 0.413. The Kier molecular flexibility index (Phi) is 6.24. The Hall–Kier alpha value is -3.24. The molecule has 0 spiro atoms. The van der Waals surface area contributed by atoms with Gasteiger partial charge in [-0.1, -0.05) is 52.7 Å². The molecule has 0 unspecified atom stereocenters. The third kappa shape index (κ3) is 4.37. The summed E-state index contributed by atoms with van der Waals surface area (Å²) in [5, 5.41) is 5.32. The molecule has 0 atom stereocenters. The summed E-state index contributed by atoms with van der Waals surface area (Å²) in [6, 6.07) is 14.1. The molecule has 4 aromatic rings. The SMILES string of the molecule is COc1cc(-n2nc(-c3c(F)cccc3Cl)[nH]c2=O)ccc1C#Cc1cc(Cl)ccc1Cl. The first-order valence-electron chi connectivity index (χ1n) is 9.16. The summed E-state index contributed by atoms with van der Waals surface area (Å²) in [4.78, 5) is 15.0. The summed E-state index contributed by atoms with van der Waals surface area (Å²) < 4.78 is 20.7. The zero-order valence-corrected chi connectivity index (χ0v) is 18.7. The molecule has 0 radical (unpaired) electrons. The third-order valence-corrected chi connectivity index (χ3v) is 5.39. The van der Waals surface area contributed by atoms with Gasteiger partial charge in [0.15, 0.2) is 5.82 Å². The number of halogens is 4. The molecule has 4 rings (SSSR count). The number of benzene rings is 3. The fraction of sp³-hybridized carbons (Fsp3) is 0.0435. The van der Waals surface area contributed by atoms with E-state index in [1.807, 2.05) is 0 Å². The molecule has 1 heterocycles. The van der Waals surface area contributed by atoms with Crippen molar-refractivity contribution in [3.05, 3.63) is 97.1 Å². The van der Waals surface area contributed by atoms with Crippen molar-refractivity contribution in [2.24, 2.45) is 0 Å². The van der Waals surface area contributed by atoms with E-state index in [2.05, 4.69) is 21.9 Å². The molecule has 3 aromatic carbocycles. The number of rotatable bonds is 3. The second-order valence-corrected chi connectivity index (χ2v) is 7.80. The minimum atomic E-state index is -0.596. The van der Waals surface area contributed by atoms with Gasteiger partial charge in [-0.05, 0) is 42.5 Å². The summed E-state index contributed by atoms with van der Waals surface area (Å²) in [7, 11) is 1.48. The Morgan fingerprint density at radius 3 is 2.53 bits per heavy atom. The molecular weight excluding hydrogens is 476 g/mol. The summed E-state index contributed by atoms with van der Waals surface area (Å²) in [6.07, 6.45) is 0. The highest BCUT2D eigenvalue weighted by atomic mass is 35.5. The van der Waals surface area contributed by atoms with Gasteiger partial charge in [-0.2, -0.15) is 4.68 Å². The van der Waals surface area contributed by atoms with E-state index in [1.165, 1.54) is 25.3 Å². The Morgan fingerprint density at radius 2 is 1.78 bits per heavy atom. The fourth-order valence-corrected chi connectivity index (χ4v) is 3.57. The highest BCUT2D eigenvalue weighted by molar-refractivity contribution is 6.34. The van der Waals surface area contributed by atoms with Gasteiger partial charge in [-0.15, -0.1) is 5.10 Å². The summed E-state index contributed by atoms with van der Waals surface area (Å²) >= 11 is 18.2. The molecule has 0 saturated carbocycles. The van der Waals surface area contributed by atoms with Crippen LogP contribution < -0.4 is 10.4 Å². The lowest BCUT2D eigenvalue weighted by Crippen LogP contribution is -2.16. The number of aromatic nitrogens is 3. The van der Waals surface area contributed by atoms with Gasteiger partial charge in [-0.3, -0.25) is 4.98 Å². The molecule has 0 aliphatic carbocycles. The molecule has 9 heteroatoms. The maximum Gasteiger partial charge on any atom is 0.348 e. The largest absolute Gasteiger partial charge is 0.495 e. The Balaban J connectivity index is 1.73. The van der Waals surface area contributed by atoms with Crippen LogP contribution in [-0.4, -0.2) is 21.9 Å². The Labute approximate surface area is 197 Å². The number of H-pyrrole nitrogens is 1. The standard InChI is InChI=1S/C23H13Cl3FN3O2/c1-32-20-12-16(9-7-13(20)5-6-14-11-15(24)8-10-17(14)25)30-23(31)28-22(29-30)21-18(26)3-2-4-19(21)27/h2-4,7-12H,1H3,(H,28,29,31). The van der Waals surface area contributed by atoms with E-state index in [0.717, 1.165) is 4.68 Å². The van der Waals surface area contributed by atoms with Crippen LogP contribution in [0, 0.1) is 17.7 Å². The monoisotopic (exact) mass is 487 g/mol. The smallest absolute Gasteiger partial charge is 0.348 e. The van der Waals surface area contributed by atoms with Gasteiger partial charge < -0.3 is 4.74 Å². The molecule has 0 aliphatic heterocycles. The van der Waals surface area contributed by atoms with Gasteiger partial charge in [0, 0.05) is 16.7 Å². The van der Waals surface area contributed by atoms with Crippen molar-refractivity contribution in [3.63, 3.8) is 0 Å². The lowest BCUT2D eigenvalue weighted by atomic mass is 10.1. The minimum absolute atomic E-state index is 0.0107. The van der Waals surface area contributed by atoms with Gasteiger partial charge in [0.1, 0.15) is 11.6 Å². The van der Waals surface area contributed by atoms with E-state index >= 15 is 0 Å². The summed E-state index contributed by atoms with van der Waals surface area (Å²) in [5.41, 5.74) is 0.977. The van der Waals surface area contributed by atoms with Crippen molar-refractivity contribution in [1.82, 2.24) is 14.8 Å². The number of aromatic amines is 1. The maximum atomic E-state index is 14.2. The van der Waals surface area contributed by atoms with Crippen LogP contribution in [0.2, 0.25) is 15.1 Å². The number of nitrogens with one attached hydrogen (secondary N) is 1. The molecule has 1 aromatic heterocycles. The second-order valence-electron chi connectivity index (χ2n) is 6.55. The number of nitrogens with zero attached hydrogens (tertiary/aromatic N) is 2. The van der Waals surface area contributed by atoms with Crippen LogP contribution in [0.1, 0.15) is 11.1 Å². The molecule has 32 heavy (non-hydrogen) atoms. The molecule has 0 aliphatic rings. The van der Waals surface area contributed by atoms with E-state index in [-0.39, 0.29) is 16.4 Å². The molecule has 5 nitrogen and oxygen atoms in total. The molecule has 0 saturated heterocycles. The highest BCUT2D eigenvalue weighted by Gasteiger charge is 2.16. The van der Waals surface area contributed by atoms with Gasteiger partial charge in [-0.25, -0.2) is 9.18 Å². The first-order chi connectivity index (χ1) is 15.4. The number of methoxy groups -OCH3 is 1. The number of hydrogen-bond acceptors (Lipinski definition) is 3. The van der Waals surface area contributed by atoms with Crippen molar-refractivity contribution >= 4 is 34.8 Å². The van der Waals surface area contributed by atoms with Gasteiger partial charge in [0.2, 0.25) is 0 Å². The Bertz CT molecular complexity index is 1430. The first kappa shape index (κ1) is 22.0. The van der Waals surface area contributed by atoms with E-state index < -0.39 is 11.5 Å². The summed E-state index contributed by atoms with van der Waals surface area (Å²) in [6.45, 7) is 0. The van der Waals surface area contributed by atoms with Crippen LogP contribution in [0.4, 0.5) is 4.39 Å². The van der Waals surface area contributed by atoms with Gasteiger partial charge in [0.05, 0.1) is 34.0 Å². The van der Waals surface area contributed by atoms with Crippen LogP contribution in [0.5, 0.6) is 5.75 Å². The Morgan fingerprint density at radius 1 is 1.00 bits per heavy atom. The molecular formula is C23H13Cl3FN3O2. The van der Waals surface area contributed by atoms with Crippen molar-refractivity contribution in [1.29, 1.82) is 0 Å². The maximum absolute atomic E-state index is 14.2. The second kappa shape index (κ2) is 9.09. The van der Waals surface area contributed by atoms with Crippen molar-refractivity contribution < 1.29 is 9.13 Å². The quantitative estimate of drug-likeness (QED) is 0.374. The van der Waals surface area contributed by atoms with E-state index in [1.54, 1.807) is 36.4 Å². The van der Waals surface area contributed by atoms with E-state index in [9.17, 15) is 9.18 Å². The highest BCUT2D eigenvalue weighted by Crippen LogP contribution is 2.28. The van der Waals surface area contributed by atoms with Crippen molar-refractivity contribution in [2.45, 2.75) is 0 Å². The molecule has 0 fully saturated rings. The molecule has 0 amide bonds.